The van der Waals surface area contributed by atoms with Crippen LogP contribution in [0.3, 0.4) is 0 Å². The first kappa shape index (κ1) is 14.4. The van der Waals surface area contributed by atoms with E-state index in [2.05, 4.69) is 5.10 Å². The molecule has 1 aliphatic heterocycles. The van der Waals surface area contributed by atoms with Gasteiger partial charge in [0.15, 0.2) is 0 Å². The van der Waals surface area contributed by atoms with E-state index in [0.29, 0.717) is 19.6 Å². The summed E-state index contributed by atoms with van der Waals surface area (Å²) in [5.74, 6) is -0.126. The zero-order valence-corrected chi connectivity index (χ0v) is 11.4. The second-order valence-corrected chi connectivity index (χ2v) is 4.86. The molecule has 1 aliphatic rings. The highest BCUT2D eigenvalue weighted by atomic mass is 19.4. The van der Waals surface area contributed by atoms with Gasteiger partial charge in [-0.15, -0.1) is 0 Å². The second kappa shape index (κ2) is 5.36. The monoisotopic (exact) mass is 311 g/mol. The van der Waals surface area contributed by atoms with Gasteiger partial charge in [0, 0.05) is 12.7 Å². The van der Waals surface area contributed by atoms with Crippen molar-refractivity contribution in [3.8, 4) is 5.75 Å². The van der Waals surface area contributed by atoms with Crippen molar-refractivity contribution in [2.75, 3.05) is 6.54 Å². The van der Waals surface area contributed by atoms with E-state index in [1.165, 1.54) is 17.0 Å². The van der Waals surface area contributed by atoms with Crippen LogP contribution < -0.4 is 4.74 Å². The molecule has 0 radical (unpaired) electrons. The normalized spacial score (nSPS) is 14.6. The SMILES string of the molecule is O=C(Oc1cccc(C(F)(F)F)c1)N1CCn2nccc2C1. The lowest BCUT2D eigenvalue weighted by Gasteiger charge is -2.26. The van der Waals surface area contributed by atoms with Crippen LogP contribution in [0.4, 0.5) is 18.0 Å². The van der Waals surface area contributed by atoms with Crippen LogP contribution in [-0.4, -0.2) is 27.3 Å². The molecule has 0 aliphatic carbocycles. The summed E-state index contributed by atoms with van der Waals surface area (Å²) < 4.78 is 44.7. The van der Waals surface area contributed by atoms with Crippen molar-refractivity contribution < 1.29 is 22.7 Å². The van der Waals surface area contributed by atoms with E-state index in [-0.39, 0.29) is 5.75 Å². The maximum Gasteiger partial charge on any atom is 0.416 e. The third kappa shape index (κ3) is 2.90. The van der Waals surface area contributed by atoms with E-state index >= 15 is 0 Å². The summed E-state index contributed by atoms with van der Waals surface area (Å²) in [5.41, 5.74) is 0.00163. The predicted molar refractivity (Wildman–Crippen MR) is 70.1 cm³/mol. The Morgan fingerprint density at radius 3 is 2.82 bits per heavy atom. The highest BCUT2D eigenvalue weighted by molar-refractivity contribution is 5.70. The third-order valence-electron chi connectivity index (χ3n) is 3.36. The molecule has 0 atom stereocenters. The zero-order valence-electron chi connectivity index (χ0n) is 11.4. The molecule has 0 spiro atoms. The van der Waals surface area contributed by atoms with Gasteiger partial charge in [-0.3, -0.25) is 4.68 Å². The summed E-state index contributed by atoms with van der Waals surface area (Å²) in [5, 5.41) is 4.09. The summed E-state index contributed by atoms with van der Waals surface area (Å²) in [6.45, 7) is 1.24. The number of halogens is 3. The smallest absolute Gasteiger partial charge is 0.410 e. The van der Waals surface area contributed by atoms with E-state index in [1.54, 1.807) is 16.9 Å². The number of aromatic nitrogens is 2. The fourth-order valence-electron chi connectivity index (χ4n) is 2.24. The zero-order chi connectivity index (χ0) is 15.7. The molecule has 0 unspecified atom stereocenters. The van der Waals surface area contributed by atoms with Gasteiger partial charge in [-0.05, 0) is 24.3 Å². The van der Waals surface area contributed by atoms with Crippen molar-refractivity contribution in [1.82, 2.24) is 14.7 Å². The van der Waals surface area contributed by atoms with E-state index in [0.717, 1.165) is 17.8 Å². The molecule has 0 fully saturated rings. The number of benzene rings is 1. The van der Waals surface area contributed by atoms with Crippen LogP contribution in [0.5, 0.6) is 5.75 Å². The molecule has 0 N–H and O–H groups in total. The summed E-state index contributed by atoms with van der Waals surface area (Å²) in [4.78, 5) is 13.5. The average Bonchev–Trinajstić information content (AvgIpc) is 2.94. The van der Waals surface area contributed by atoms with Crippen LogP contribution in [0.1, 0.15) is 11.3 Å². The average molecular weight is 311 g/mol. The Morgan fingerprint density at radius 1 is 1.23 bits per heavy atom. The molecule has 116 valence electrons. The van der Waals surface area contributed by atoms with E-state index in [1.807, 2.05) is 0 Å². The minimum absolute atomic E-state index is 0.126. The highest BCUT2D eigenvalue weighted by Gasteiger charge is 2.31. The lowest BCUT2D eigenvalue weighted by Crippen LogP contribution is -2.40. The maximum atomic E-state index is 12.6. The van der Waals surface area contributed by atoms with Crippen LogP contribution in [0, 0.1) is 0 Å². The lowest BCUT2D eigenvalue weighted by atomic mass is 10.2. The summed E-state index contributed by atoms with van der Waals surface area (Å²) in [7, 11) is 0. The number of carbonyl (C=O) groups excluding carboxylic acids is 1. The van der Waals surface area contributed by atoms with Crippen molar-refractivity contribution in [3.05, 3.63) is 47.8 Å². The molecule has 1 amide bonds. The highest BCUT2D eigenvalue weighted by Crippen LogP contribution is 2.31. The number of fused-ring (bicyclic) bond motifs is 1. The molecule has 0 saturated carbocycles. The van der Waals surface area contributed by atoms with Crippen LogP contribution >= 0.6 is 0 Å². The lowest BCUT2D eigenvalue weighted by molar-refractivity contribution is -0.137. The third-order valence-corrected chi connectivity index (χ3v) is 3.36. The Hall–Kier alpha value is -2.51. The quantitative estimate of drug-likeness (QED) is 0.813. The summed E-state index contributed by atoms with van der Waals surface area (Å²) >= 11 is 0. The molecule has 2 aromatic rings. The molecule has 1 aromatic carbocycles. The largest absolute Gasteiger partial charge is 0.416 e. The molecule has 5 nitrogen and oxygen atoms in total. The predicted octanol–water partition coefficient (Wildman–Crippen LogP) is 2.92. The summed E-state index contributed by atoms with van der Waals surface area (Å²) in [6.07, 6.45) is -3.51. The first-order valence-corrected chi connectivity index (χ1v) is 6.58. The molecular formula is C14H12F3N3O2. The number of hydrogen-bond acceptors (Lipinski definition) is 3. The fraction of sp³-hybridized carbons (Fsp3) is 0.286. The standard InChI is InChI=1S/C14H12F3N3O2/c15-14(16,17)10-2-1-3-12(8-10)22-13(21)19-6-7-20-11(9-19)4-5-18-20/h1-5,8H,6-7,9H2. The Labute approximate surface area is 123 Å². The first-order chi connectivity index (χ1) is 10.4. The maximum absolute atomic E-state index is 12.6. The van der Waals surface area contributed by atoms with E-state index < -0.39 is 17.8 Å². The molecular weight excluding hydrogens is 299 g/mol. The fourth-order valence-corrected chi connectivity index (χ4v) is 2.24. The number of rotatable bonds is 1. The van der Waals surface area contributed by atoms with Gasteiger partial charge < -0.3 is 9.64 Å². The number of ether oxygens (including phenoxy) is 1. The second-order valence-electron chi connectivity index (χ2n) is 4.86. The molecule has 0 bridgehead atoms. The molecule has 8 heteroatoms. The van der Waals surface area contributed by atoms with Gasteiger partial charge >= 0.3 is 12.3 Å². The van der Waals surface area contributed by atoms with Gasteiger partial charge in [0.25, 0.3) is 0 Å². The van der Waals surface area contributed by atoms with Crippen LogP contribution in [0.2, 0.25) is 0 Å². The molecule has 1 aromatic heterocycles. The van der Waals surface area contributed by atoms with Crippen LogP contribution in [-0.2, 0) is 19.3 Å². The minimum atomic E-state index is -4.47. The van der Waals surface area contributed by atoms with Crippen LogP contribution in [0.25, 0.3) is 0 Å². The Balaban J connectivity index is 1.70. The summed E-state index contributed by atoms with van der Waals surface area (Å²) in [6, 6.07) is 6.05. The first-order valence-electron chi connectivity index (χ1n) is 6.58. The Morgan fingerprint density at radius 2 is 2.05 bits per heavy atom. The molecule has 22 heavy (non-hydrogen) atoms. The Kier molecular flexibility index (Phi) is 3.51. The molecule has 2 heterocycles. The number of nitrogens with zero attached hydrogens (tertiary/aromatic N) is 3. The Bertz CT molecular complexity index is 697. The van der Waals surface area contributed by atoms with Crippen molar-refractivity contribution >= 4 is 6.09 Å². The molecule has 3 rings (SSSR count). The van der Waals surface area contributed by atoms with Gasteiger partial charge in [0.1, 0.15) is 5.75 Å². The molecule has 0 saturated heterocycles. The van der Waals surface area contributed by atoms with Crippen molar-refractivity contribution in [1.29, 1.82) is 0 Å². The van der Waals surface area contributed by atoms with Crippen molar-refractivity contribution in [2.45, 2.75) is 19.3 Å². The number of hydrogen-bond donors (Lipinski definition) is 0. The van der Waals surface area contributed by atoms with Crippen molar-refractivity contribution in [2.24, 2.45) is 0 Å². The van der Waals surface area contributed by atoms with E-state index in [9.17, 15) is 18.0 Å². The van der Waals surface area contributed by atoms with Crippen LogP contribution in [0.15, 0.2) is 36.5 Å². The van der Waals surface area contributed by atoms with Crippen molar-refractivity contribution in [3.63, 3.8) is 0 Å². The van der Waals surface area contributed by atoms with Gasteiger partial charge in [-0.2, -0.15) is 18.3 Å². The van der Waals surface area contributed by atoms with Gasteiger partial charge in [0.2, 0.25) is 0 Å². The van der Waals surface area contributed by atoms with Gasteiger partial charge in [0.05, 0.1) is 24.3 Å². The van der Waals surface area contributed by atoms with Gasteiger partial charge in [-0.1, -0.05) is 6.07 Å². The van der Waals surface area contributed by atoms with Gasteiger partial charge in [-0.25, -0.2) is 4.79 Å². The number of alkyl halides is 3. The number of amides is 1. The topological polar surface area (TPSA) is 47.4 Å². The number of carbonyl (C=O) groups is 1. The minimum Gasteiger partial charge on any atom is -0.410 e. The van der Waals surface area contributed by atoms with E-state index in [4.69, 9.17) is 4.74 Å².